The monoisotopic (exact) mass is 303 g/mol. The molecule has 1 aliphatic heterocycles. The lowest BCUT2D eigenvalue weighted by Gasteiger charge is -2.17. The first kappa shape index (κ1) is 14.1. The molecule has 0 fully saturated rings. The second-order valence-corrected chi connectivity index (χ2v) is 6.13. The number of hydrogen-bond acceptors (Lipinski definition) is 2. The van der Waals surface area contributed by atoms with E-state index >= 15 is 0 Å². The first-order valence-electron chi connectivity index (χ1n) is 8.26. The van der Waals surface area contributed by atoms with Gasteiger partial charge in [-0.25, -0.2) is 0 Å². The highest BCUT2D eigenvalue weighted by Gasteiger charge is 2.18. The quantitative estimate of drug-likeness (QED) is 0.741. The number of fused-ring (bicyclic) bond motifs is 3. The minimum absolute atomic E-state index is 0.0832. The smallest absolute Gasteiger partial charge is 0.0987 e. The molecule has 0 saturated carbocycles. The fourth-order valence-electron chi connectivity index (χ4n) is 3.55. The van der Waals surface area contributed by atoms with E-state index in [9.17, 15) is 0 Å². The second kappa shape index (κ2) is 5.58. The Morgan fingerprint density at radius 1 is 1.09 bits per heavy atom. The standard InChI is InChI=1S/C20H21N3/c1-3-11-23-19-10-5-4-7-15(19)16-8-6-9-17(20(16)23)18-12-14(2)21-13-22-18/h4-10,12-13,18H,3,11H2,1-2H3,(H,21,22). The van der Waals surface area contributed by atoms with Gasteiger partial charge in [-0.15, -0.1) is 0 Å². The van der Waals surface area contributed by atoms with Crippen molar-refractivity contribution in [2.24, 2.45) is 4.99 Å². The van der Waals surface area contributed by atoms with Crippen LogP contribution in [0.1, 0.15) is 31.9 Å². The van der Waals surface area contributed by atoms with Crippen molar-refractivity contribution in [1.29, 1.82) is 0 Å². The topological polar surface area (TPSA) is 29.3 Å². The largest absolute Gasteiger partial charge is 0.351 e. The number of aliphatic imine (C=N–C) groups is 1. The molecule has 1 aliphatic rings. The van der Waals surface area contributed by atoms with Crippen LogP contribution in [-0.4, -0.2) is 10.9 Å². The SMILES string of the molecule is CCCn1c2ccccc2c2cccc(C3C=C(C)NC=N3)c21. The fraction of sp³-hybridized carbons (Fsp3) is 0.250. The summed E-state index contributed by atoms with van der Waals surface area (Å²) in [7, 11) is 0. The van der Waals surface area contributed by atoms with E-state index in [1.54, 1.807) is 0 Å². The lowest BCUT2D eigenvalue weighted by Crippen LogP contribution is -2.15. The Bertz CT molecular complexity index is 931. The van der Waals surface area contributed by atoms with Gasteiger partial charge >= 0.3 is 0 Å². The Balaban J connectivity index is 2.06. The number of rotatable bonds is 3. The Labute approximate surface area is 136 Å². The Morgan fingerprint density at radius 2 is 1.91 bits per heavy atom. The summed E-state index contributed by atoms with van der Waals surface area (Å²) in [4.78, 5) is 4.65. The van der Waals surface area contributed by atoms with Gasteiger partial charge in [-0.3, -0.25) is 4.99 Å². The number of nitrogens with one attached hydrogen (secondary N) is 1. The molecule has 0 saturated heterocycles. The molecule has 0 amide bonds. The van der Waals surface area contributed by atoms with Crippen LogP contribution < -0.4 is 5.32 Å². The maximum atomic E-state index is 4.65. The van der Waals surface area contributed by atoms with Crippen molar-refractivity contribution in [2.75, 3.05) is 0 Å². The van der Waals surface area contributed by atoms with Crippen LogP contribution in [0.5, 0.6) is 0 Å². The number of aromatic nitrogens is 1. The van der Waals surface area contributed by atoms with Crippen molar-refractivity contribution < 1.29 is 0 Å². The van der Waals surface area contributed by atoms with Crippen molar-refractivity contribution in [3.8, 4) is 0 Å². The summed E-state index contributed by atoms with van der Waals surface area (Å²) < 4.78 is 2.46. The van der Waals surface area contributed by atoms with Gasteiger partial charge in [0.25, 0.3) is 0 Å². The van der Waals surface area contributed by atoms with Crippen LogP contribution >= 0.6 is 0 Å². The summed E-state index contributed by atoms with van der Waals surface area (Å²) in [6.45, 7) is 5.34. The van der Waals surface area contributed by atoms with Crippen molar-refractivity contribution in [1.82, 2.24) is 9.88 Å². The maximum Gasteiger partial charge on any atom is 0.0987 e. The third-order valence-electron chi connectivity index (χ3n) is 4.52. The molecule has 3 heteroatoms. The molecule has 116 valence electrons. The summed E-state index contributed by atoms with van der Waals surface area (Å²) in [5.74, 6) is 0. The summed E-state index contributed by atoms with van der Waals surface area (Å²) >= 11 is 0. The molecule has 0 spiro atoms. The second-order valence-electron chi connectivity index (χ2n) is 6.13. The fourth-order valence-corrected chi connectivity index (χ4v) is 3.55. The molecule has 23 heavy (non-hydrogen) atoms. The third kappa shape index (κ3) is 2.24. The average molecular weight is 303 g/mol. The normalized spacial score (nSPS) is 17.5. The Morgan fingerprint density at radius 3 is 2.74 bits per heavy atom. The molecule has 4 rings (SSSR count). The number of benzene rings is 2. The molecule has 3 nitrogen and oxygen atoms in total. The van der Waals surface area contributed by atoms with Gasteiger partial charge in [0.05, 0.1) is 17.9 Å². The van der Waals surface area contributed by atoms with Crippen LogP contribution in [0.2, 0.25) is 0 Å². The zero-order valence-corrected chi connectivity index (χ0v) is 13.6. The Hall–Kier alpha value is -2.55. The maximum absolute atomic E-state index is 4.65. The van der Waals surface area contributed by atoms with Gasteiger partial charge in [0.15, 0.2) is 0 Å². The minimum atomic E-state index is 0.0832. The molecule has 0 aliphatic carbocycles. The summed E-state index contributed by atoms with van der Waals surface area (Å²) in [5, 5.41) is 5.81. The number of nitrogens with zero attached hydrogens (tertiary/aromatic N) is 2. The van der Waals surface area contributed by atoms with E-state index in [-0.39, 0.29) is 6.04 Å². The van der Waals surface area contributed by atoms with E-state index in [2.05, 4.69) is 77.3 Å². The van der Waals surface area contributed by atoms with E-state index in [0.29, 0.717) is 0 Å². The first-order valence-corrected chi connectivity index (χ1v) is 8.26. The highest BCUT2D eigenvalue weighted by Crippen LogP contribution is 2.35. The van der Waals surface area contributed by atoms with Gasteiger partial charge in [-0.1, -0.05) is 43.3 Å². The van der Waals surface area contributed by atoms with Crippen molar-refractivity contribution in [2.45, 2.75) is 32.9 Å². The van der Waals surface area contributed by atoms with Crippen LogP contribution in [0.3, 0.4) is 0 Å². The Kier molecular flexibility index (Phi) is 3.41. The molecular weight excluding hydrogens is 282 g/mol. The average Bonchev–Trinajstić information content (AvgIpc) is 2.90. The van der Waals surface area contributed by atoms with Crippen LogP contribution in [0.15, 0.2) is 59.2 Å². The van der Waals surface area contributed by atoms with Gasteiger partial charge in [-0.05, 0) is 25.5 Å². The van der Waals surface area contributed by atoms with Crippen LogP contribution in [0, 0.1) is 0 Å². The zero-order valence-electron chi connectivity index (χ0n) is 13.6. The molecule has 1 N–H and O–H groups in total. The molecule has 2 heterocycles. The summed E-state index contributed by atoms with van der Waals surface area (Å²) in [5.41, 5.74) is 5.07. The molecule has 1 atom stereocenters. The number of para-hydroxylation sites is 2. The van der Waals surface area contributed by atoms with Gasteiger partial charge < -0.3 is 9.88 Å². The zero-order chi connectivity index (χ0) is 15.8. The van der Waals surface area contributed by atoms with Crippen LogP contribution in [0.25, 0.3) is 21.8 Å². The molecule has 3 aromatic rings. The van der Waals surface area contributed by atoms with Gasteiger partial charge in [0.2, 0.25) is 0 Å². The van der Waals surface area contributed by atoms with E-state index < -0.39 is 0 Å². The van der Waals surface area contributed by atoms with Gasteiger partial charge in [0.1, 0.15) is 0 Å². The number of allylic oxidation sites excluding steroid dienone is 1. The van der Waals surface area contributed by atoms with Crippen molar-refractivity contribution >= 4 is 28.1 Å². The number of hydrogen-bond donors (Lipinski definition) is 1. The molecular formula is C20H21N3. The van der Waals surface area contributed by atoms with Crippen LogP contribution in [0.4, 0.5) is 0 Å². The lowest BCUT2D eigenvalue weighted by molar-refractivity contribution is 0.718. The minimum Gasteiger partial charge on any atom is -0.351 e. The van der Waals surface area contributed by atoms with Crippen molar-refractivity contribution in [3.05, 3.63) is 59.8 Å². The van der Waals surface area contributed by atoms with E-state index in [0.717, 1.165) is 18.7 Å². The highest BCUT2D eigenvalue weighted by molar-refractivity contribution is 6.09. The summed E-state index contributed by atoms with van der Waals surface area (Å²) in [6, 6.07) is 15.4. The van der Waals surface area contributed by atoms with Crippen LogP contribution in [-0.2, 0) is 6.54 Å². The van der Waals surface area contributed by atoms with Gasteiger partial charge in [-0.2, -0.15) is 0 Å². The van der Waals surface area contributed by atoms with E-state index in [4.69, 9.17) is 0 Å². The molecule has 0 radical (unpaired) electrons. The summed E-state index contributed by atoms with van der Waals surface area (Å²) in [6.07, 6.45) is 5.13. The predicted molar refractivity (Wildman–Crippen MR) is 97.9 cm³/mol. The van der Waals surface area contributed by atoms with Crippen molar-refractivity contribution in [3.63, 3.8) is 0 Å². The molecule has 0 bridgehead atoms. The third-order valence-corrected chi connectivity index (χ3v) is 4.52. The highest BCUT2D eigenvalue weighted by atomic mass is 15.0. The molecule has 1 unspecified atom stereocenters. The van der Waals surface area contributed by atoms with E-state index in [1.165, 1.54) is 27.4 Å². The first-order chi connectivity index (χ1) is 11.3. The lowest BCUT2D eigenvalue weighted by atomic mass is 10.0. The van der Waals surface area contributed by atoms with Gasteiger partial charge in [0, 0.05) is 34.1 Å². The number of aryl methyl sites for hydroxylation is 1. The molecule has 1 aromatic heterocycles. The predicted octanol–water partition coefficient (Wildman–Crippen LogP) is 4.78. The molecule has 2 aromatic carbocycles. The van der Waals surface area contributed by atoms with E-state index in [1.807, 2.05) is 6.34 Å².